The average Bonchev–Trinajstić information content (AvgIpc) is 2.80. The van der Waals surface area contributed by atoms with Crippen LogP contribution in [0.15, 0.2) is 48.5 Å². The Morgan fingerprint density at radius 1 is 1.15 bits per heavy atom. The van der Waals surface area contributed by atoms with Crippen LogP contribution in [-0.2, 0) is 16.1 Å². The molecule has 0 saturated carbocycles. The second-order valence-corrected chi connectivity index (χ2v) is 8.61. The maximum atomic E-state index is 13.4. The molecule has 0 radical (unpaired) electrons. The van der Waals surface area contributed by atoms with Gasteiger partial charge in [0, 0.05) is 35.7 Å². The molecule has 6 heteroatoms. The zero-order valence-electron chi connectivity index (χ0n) is 20.8. The quantitative estimate of drug-likeness (QED) is 0.383. The van der Waals surface area contributed by atoms with E-state index in [0.29, 0.717) is 43.1 Å². The second-order valence-electron chi connectivity index (χ2n) is 8.61. The van der Waals surface area contributed by atoms with Crippen molar-refractivity contribution in [3.8, 4) is 17.6 Å². The van der Waals surface area contributed by atoms with E-state index in [2.05, 4.69) is 11.8 Å². The van der Waals surface area contributed by atoms with E-state index >= 15 is 0 Å². The zero-order valence-corrected chi connectivity index (χ0v) is 19.8. The molecule has 1 heterocycles. The molecule has 1 atom stereocenters. The number of ether oxygens (including phenoxy) is 2. The van der Waals surface area contributed by atoms with Crippen molar-refractivity contribution in [2.45, 2.75) is 52.1 Å². The molecule has 1 saturated heterocycles. The van der Waals surface area contributed by atoms with Gasteiger partial charge in [-0.05, 0) is 63.4 Å². The van der Waals surface area contributed by atoms with Crippen molar-refractivity contribution in [2.75, 3.05) is 19.8 Å². The van der Waals surface area contributed by atoms with Gasteiger partial charge in [0.2, 0.25) is 0 Å². The molecule has 2 aromatic carbocycles. The lowest BCUT2D eigenvalue weighted by molar-refractivity contribution is -0.137. The number of carbonyl (C=O) groups excluding carboxylic acids is 1. The SMILES string of the molecule is [2H]C(c1ccccc1OCCCCCC(=O)O)N(C(=O)c1ccc(C#CC2COC2)cc1)C(C)C. The molecular formula is C28H33NO5. The zero-order chi connectivity index (χ0) is 25.2. The normalized spacial score (nSPS) is 14.4. The van der Waals surface area contributed by atoms with Crippen LogP contribution in [-0.4, -0.2) is 47.7 Å². The molecule has 2 aromatic rings. The molecule has 1 unspecified atom stereocenters. The number of carboxylic acids is 1. The first kappa shape index (κ1) is 23.8. The minimum Gasteiger partial charge on any atom is -0.493 e. The lowest BCUT2D eigenvalue weighted by Gasteiger charge is -2.28. The Bertz CT molecular complexity index is 1050. The molecule has 0 aliphatic carbocycles. The van der Waals surface area contributed by atoms with E-state index in [9.17, 15) is 9.59 Å². The lowest BCUT2D eigenvalue weighted by Crippen LogP contribution is -2.36. The van der Waals surface area contributed by atoms with E-state index in [4.69, 9.17) is 16.0 Å². The van der Waals surface area contributed by atoms with Crippen LogP contribution in [0.4, 0.5) is 0 Å². The Hall–Kier alpha value is -3.30. The van der Waals surface area contributed by atoms with Crippen molar-refractivity contribution < 1.29 is 25.5 Å². The highest BCUT2D eigenvalue weighted by Gasteiger charge is 2.21. The highest BCUT2D eigenvalue weighted by atomic mass is 16.5. The molecule has 1 aliphatic heterocycles. The van der Waals surface area contributed by atoms with E-state index in [1.54, 1.807) is 23.1 Å². The Kier molecular flexibility index (Phi) is 8.98. The number of hydrogen-bond acceptors (Lipinski definition) is 4. The first-order chi connectivity index (χ1) is 16.9. The van der Waals surface area contributed by atoms with Gasteiger partial charge in [0.1, 0.15) is 5.75 Å². The summed E-state index contributed by atoms with van der Waals surface area (Å²) >= 11 is 0. The Morgan fingerprint density at radius 2 is 1.88 bits per heavy atom. The van der Waals surface area contributed by atoms with Crippen LogP contribution in [0.3, 0.4) is 0 Å². The summed E-state index contributed by atoms with van der Waals surface area (Å²) < 4.78 is 20.0. The number of amides is 1. The van der Waals surface area contributed by atoms with Crippen molar-refractivity contribution in [3.63, 3.8) is 0 Å². The predicted molar refractivity (Wildman–Crippen MR) is 131 cm³/mol. The fourth-order valence-corrected chi connectivity index (χ4v) is 3.40. The topological polar surface area (TPSA) is 76.1 Å². The number of rotatable bonds is 11. The largest absolute Gasteiger partial charge is 0.493 e. The van der Waals surface area contributed by atoms with Crippen LogP contribution < -0.4 is 4.74 Å². The third-order valence-corrected chi connectivity index (χ3v) is 5.47. The molecule has 180 valence electrons. The molecule has 34 heavy (non-hydrogen) atoms. The summed E-state index contributed by atoms with van der Waals surface area (Å²) in [6.07, 6.45) is 2.24. The van der Waals surface area contributed by atoms with Crippen LogP contribution in [0, 0.1) is 17.8 Å². The number of carbonyl (C=O) groups is 2. The van der Waals surface area contributed by atoms with Gasteiger partial charge >= 0.3 is 5.97 Å². The van der Waals surface area contributed by atoms with Crippen molar-refractivity contribution in [1.29, 1.82) is 0 Å². The van der Waals surface area contributed by atoms with E-state index < -0.39 is 12.5 Å². The number of para-hydroxylation sites is 1. The molecule has 6 nitrogen and oxygen atoms in total. The van der Waals surface area contributed by atoms with Crippen LogP contribution in [0.5, 0.6) is 5.75 Å². The van der Waals surface area contributed by atoms with Gasteiger partial charge in [-0.3, -0.25) is 9.59 Å². The lowest BCUT2D eigenvalue weighted by atomic mass is 10.1. The first-order valence-electron chi connectivity index (χ1n) is 12.3. The van der Waals surface area contributed by atoms with Gasteiger partial charge in [0.25, 0.3) is 5.91 Å². The molecule has 0 bridgehead atoms. The Morgan fingerprint density at radius 3 is 2.53 bits per heavy atom. The highest BCUT2D eigenvalue weighted by molar-refractivity contribution is 5.94. The summed E-state index contributed by atoms with van der Waals surface area (Å²) in [4.78, 5) is 25.6. The molecule has 1 aliphatic rings. The number of nitrogens with zero attached hydrogens (tertiary/aromatic N) is 1. The van der Waals surface area contributed by atoms with Crippen molar-refractivity contribution in [1.82, 2.24) is 4.90 Å². The number of aliphatic carboxylic acids is 1. The highest BCUT2D eigenvalue weighted by Crippen LogP contribution is 2.23. The molecule has 1 fully saturated rings. The Balaban J connectivity index is 1.67. The summed E-state index contributed by atoms with van der Waals surface area (Å²) in [5.41, 5.74) is 1.96. The number of carboxylic acid groups (broad SMARTS) is 1. The fourth-order valence-electron chi connectivity index (χ4n) is 3.40. The van der Waals surface area contributed by atoms with Crippen LogP contribution in [0.1, 0.15) is 62.4 Å². The summed E-state index contributed by atoms with van der Waals surface area (Å²) in [7, 11) is 0. The van der Waals surface area contributed by atoms with Gasteiger partial charge in [0.15, 0.2) is 0 Å². The summed E-state index contributed by atoms with van der Waals surface area (Å²) in [5, 5.41) is 8.74. The van der Waals surface area contributed by atoms with Crippen molar-refractivity contribution in [3.05, 3.63) is 65.2 Å². The average molecular weight is 465 g/mol. The molecule has 3 rings (SSSR count). The first-order valence-corrected chi connectivity index (χ1v) is 11.7. The van der Waals surface area contributed by atoms with Crippen LogP contribution in [0.2, 0.25) is 0 Å². The van der Waals surface area contributed by atoms with Gasteiger partial charge < -0.3 is 19.5 Å². The molecule has 1 N–H and O–H groups in total. The number of benzene rings is 2. The minimum absolute atomic E-state index is 0.153. The van der Waals surface area contributed by atoms with Gasteiger partial charge in [-0.15, -0.1) is 0 Å². The van der Waals surface area contributed by atoms with E-state index in [1.807, 2.05) is 44.2 Å². The van der Waals surface area contributed by atoms with Crippen molar-refractivity contribution in [2.24, 2.45) is 5.92 Å². The van der Waals surface area contributed by atoms with Gasteiger partial charge in [0.05, 0.1) is 27.1 Å². The molecule has 0 spiro atoms. The maximum Gasteiger partial charge on any atom is 0.303 e. The van der Waals surface area contributed by atoms with E-state index in [-0.39, 0.29) is 24.3 Å². The second kappa shape index (κ2) is 12.8. The summed E-state index contributed by atoms with van der Waals surface area (Å²) in [6, 6.07) is 14.3. The van der Waals surface area contributed by atoms with Gasteiger partial charge in [-0.25, -0.2) is 0 Å². The number of hydrogen-bond donors (Lipinski definition) is 1. The third kappa shape index (κ3) is 7.64. The summed E-state index contributed by atoms with van der Waals surface area (Å²) in [6.45, 7) is 4.62. The maximum absolute atomic E-state index is 13.4. The van der Waals surface area contributed by atoms with Gasteiger partial charge in [-0.2, -0.15) is 0 Å². The molecular weight excluding hydrogens is 430 g/mol. The minimum atomic E-state index is -0.941. The predicted octanol–water partition coefficient (Wildman–Crippen LogP) is 4.76. The van der Waals surface area contributed by atoms with E-state index in [0.717, 1.165) is 18.4 Å². The van der Waals surface area contributed by atoms with Gasteiger partial charge in [-0.1, -0.05) is 30.0 Å². The third-order valence-electron chi connectivity index (χ3n) is 5.47. The summed E-state index contributed by atoms with van der Waals surface area (Å²) in [5.74, 6) is 6.11. The van der Waals surface area contributed by atoms with E-state index in [1.165, 1.54) is 0 Å². The van der Waals surface area contributed by atoms with Crippen LogP contribution in [0.25, 0.3) is 0 Å². The Labute approximate surface area is 203 Å². The molecule has 0 aromatic heterocycles. The monoisotopic (exact) mass is 464 g/mol. The number of unbranched alkanes of at least 4 members (excludes halogenated alkanes) is 2. The van der Waals surface area contributed by atoms with Crippen LogP contribution >= 0.6 is 0 Å². The van der Waals surface area contributed by atoms with Crippen molar-refractivity contribution >= 4 is 11.9 Å². The smallest absolute Gasteiger partial charge is 0.303 e. The standard InChI is InChI=1S/C28H33NO5/c1-21(2)29(28(32)24-15-13-22(14-16-24)11-12-23-19-33-20-23)18-25-8-5-6-9-26(25)34-17-7-3-4-10-27(30)31/h5-6,8-9,13-16,21,23H,3-4,7,10,17-20H2,1-2H3,(H,30,31)/i18D. The fraction of sp³-hybridized carbons (Fsp3) is 0.429. The molecule has 1 amide bonds.